The molecule has 0 aliphatic heterocycles. The fourth-order valence-electron chi connectivity index (χ4n) is 10.3. The van der Waals surface area contributed by atoms with Crippen molar-refractivity contribution < 1.29 is 0 Å². The first kappa shape index (κ1) is 62.1. The van der Waals surface area contributed by atoms with Crippen LogP contribution in [0.4, 0.5) is 0 Å². The summed E-state index contributed by atoms with van der Waals surface area (Å²) in [6.07, 6.45) is 75.3. The Hall–Kier alpha value is 1.05. The second kappa shape index (κ2) is 54.0. The van der Waals surface area contributed by atoms with Crippen molar-refractivity contribution in [3.05, 3.63) is 0 Å². The molecule has 0 amide bonds. The largest absolute Gasteiger partial charge is 0.159 e. The average molecular weight is 938 g/mol. The van der Waals surface area contributed by atoms with Crippen LogP contribution in [0.2, 0.25) is 0 Å². The zero-order valence-electron chi connectivity index (χ0n) is 44.1. The monoisotopic (exact) mass is 937 g/mol. The molecule has 0 N–H and O–H groups in total. The van der Waals surface area contributed by atoms with Crippen LogP contribution in [0.5, 0.6) is 0 Å². The quantitative estimate of drug-likeness (QED) is 0.0558. The molecule has 0 aromatic carbocycles. The zero-order chi connectivity index (χ0) is 45.0. The van der Waals surface area contributed by atoms with E-state index in [1.807, 2.05) is 0 Å². The van der Waals surface area contributed by atoms with Crippen molar-refractivity contribution in [2.24, 2.45) is 0 Å². The van der Waals surface area contributed by atoms with E-state index in [-0.39, 0.29) is 0 Å². The van der Waals surface area contributed by atoms with Gasteiger partial charge in [-0.3, -0.25) is 0 Å². The van der Waals surface area contributed by atoms with Crippen LogP contribution >= 0.6 is 35.3 Å². The Labute approximate surface area is 414 Å². The molecule has 0 aromatic heterocycles. The van der Waals surface area contributed by atoms with Crippen LogP contribution in [0.25, 0.3) is 0 Å². The predicted octanol–water partition coefficient (Wildman–Crippen LogP) is 23.3. The normalized spacial score (nSPS) is 17.9. The third kappa shape index (κ3) is 47.9. The van der Waals surface area contributed by atoms with Crippen molar-refractivity contribution in [3.63, 3.8) is 0 Å². The predicted molar refractivity (Wildman–Crippen MR) is 301 cm³/mol. The molecule has 3 heteroatoms. The standard InChI is InChI=1S/C60H120S3/c1-4-7-10-13-16-19-22-25-28-31-34-37-40-43-55-61-58-49-46-51-59(62-56-44-41-38-35-32-29-26-23-20-17-14-11-8-5-2)53-48-54-60(52-47-50-58)63-57-45-42-39-36-33-30-27-24-21-18-15-12-9-6-3/h58-60H,4-57H2,1-3H3. The van der Waals surface area contributed by atoms with Crippen LogP contribution in [-0.4, -0.2) is 33.0 Å². The molecule has 1 fully saturated rings. The Bertz CT molecular complexity index is 699. The van der Waals surface area contributed by atoms with Gasteiger partial charge in [0.1, 0.15) is 0 Å². The molecule has 378 valence electrons. The van der Waals surface area contributed by atoms with Gasteiger partial charge in [0, 0.05) is 15.7 Å². The maximum atomic E-state index is 2.40. The molecule has 1 aliphatic rings. The molecule has 0 atom stereocenters. The maximum Gasteiger partial charge on any atom is 0.00470 e. The van der Waals surface area contributed by atoms with Gasteiger partial charge in [-0.2, -0.15) is 35.3 Å². The minimum absolute atomic E-state index is 0.930. The van der Waals surface area contributed by atoms with Gasteiger partial charge in [0.25, 0.3) is 0 Å². The summed E-state index contributed by atoms with van der Waals surface area (Å²) >= 11 is 7.20. The Morgan fingerprint density at radius 3 is 0.508 bits per heavy atom. The first-order chi connectivity index (χ1) is 31.3. The van der Waals surface area contributed by atoms with Crippen LogP contribution in [0.15, 0.2) is 0 Å². The lowest BCUT2D eigenvalue weighted by Crippen LogP contribution is -2.13. The second-order valence-corrected chi connectivity index (χ2v) is 25.3. The fraction of sp³-hybridized carbons (Fsp3) is 1.00. The molecule has 63 heavy (non-hydrogen) atoms. The summed E-state index contributed by atoms with van der Waals surface area (Å²) in [7, 11) is 0. The summed E-state index contributed by atoms with van der Waals surface area (Å²) in [6.45, 7) is 6.98. The lowest BCUT2D eigenvalue weighted by Gasteiger charge is -2.24. The van der Waals surface area contributed by atoms with E-state index < -0.39 is 0 Å². The van der Waals surface area contributed by atoms with E-state index in [1.54, 1.807) is 0 Å². The summed E-state index contributed by atoms with van der Waals surface area (Å²) in [5, 5.41) is 2.79. The summed E-state index contributed by atoms with van der Waals surface area (Å²) in [5.74, 6) is 4.28. The van der Waals surface area contributed by atoms with E-state index in [4.69, 9.17) is 0 Å². The van der Waals surface area contributed by atoms with E-state index in [2.05, 4.69) is 56.1 Å². The highest BCUT2D eigenvalue weighted by Crippen LogP contribution is 2.33. The molecule has 0 unspecified atom stereocenters. The molecule has 0 nitrogen and oxygen atoms in total. The van der Waals surface area contributed by atoms with Crippen LogP contribution in [0, 0.1) is 0 Å². The zero-order valence-corrected chi connectivity index (χ0v) is 46.6. The Balaban J connectivity index is 2.34. The lowest BCUT2D eigenvalue weighted by molar-refractivity contribution is 0.521. The van der Waals surface area contributed by atoms with Gasteiger partial charge in [-0.15, -0.1) is 0 Å². The average Bonchev–Trinajstić information content (AvgIpc) is 3.29. The Morgan fingerprint density at radius 2 is 0.349 bits per heavy atom. The second-order valence-electron chi connectivity index (χ2n) is 21.1. The number of hydrogen-bond donors (Lipinski definition) is 0. The molecular formula is C60H120S3. The van der Waals surface area contributed by atoms with E-state index in [0.717, 1.165) is 15.7 Å². The van der Waals surface area contributed by atoms with Gasteiger partial charge in [0.2, 0.25) is 0 Å². The van der Waals surface area contributed by atoms with Crippen LogP contribution in [-0.2, 0) is 0 Å². The van der Waals surface area contributed by atoms with E-state index in [9.17, 15) is 0 Å². The third-order valence-electron chi connectivity index (χ3n) is 14.7. The topological polar surface area (TPSA) is 0 Å². The number of thioether (sulfide) groups is 3. The van der Waals surface area contributed by atoms with Crippen molar-refractivity contribution in [2.45, 2.75) is 364 Å². The number of rotatable bonds is 48. The van der Waals surface area contributed by atoms with Crippen molar-refractivity contribution in [3.8, 4) is 0 Å². The molecule has 0 bridgehead atoms. The molecule has 1 rings (SSSR count). The molecule has 0 spiro atoms. The van der Waals surface area contributed by atoms with Gasteiger partial charge in [0.05, 0.1) is 0 Å². The van der Waals surface area contributed by atoms with Crippen molar-refractivity contribution in [1.29, 1.82) is 0 Å². The first-order valence-corrected chi connectivity index (χ1v) is 33.3. The highest BCUT2D eigenvalue weighted by Gasteiger charge is 2.18. The smallest absolute Gasteiger partial charge is 0.00470 e. The summed E-state index contributed by atoms with van der Waals surface area (Å²) < 4.78 is 0. The summed E-state index contributed by atoms with van der Waals surface area (Å²) in [6, 6.07) is 0. The van der Waals surface area contributed by atoms with Crippen LogP contribution in [0.3, 0.4) is 0 Å². The fourth-order valence-corrected chi connectivity index (χ4v) is 14.4. The molecular weight excluding hydrogens is 817 g/mol. The molecule has 1 saturated carbocycles. The maximum absolute atomic E-state index is 2.40. The van der Waals surface area contributed by atoms with E-state index >= 15 is 0 Å². The Morgan fingerprint density at radius 1 is 0.206 bits per heavy atom. The molecule has 0 saturated heterocycles. The number of hydrogen-bond acceptors (Lipinski definition) is 3. The van der Waals surface area contributed by atoms with Crippen molar-refractivity contribution in [2.75, 3.05) is 17.3 Å². The van der Waals surface area contributed by atoms with Gasteiger partial charge < -0.3 is 0 Å². The highest BCUT2D eigenvalue weighted by molar-refractivity contribution is 8.00. The van der Waals surface area contributed by atoms with Gasteiger partial charge in [0.15, 0.2) is 0 Å². The van der Waals surface area contributed by atoms with Crippen LogP contribution in [0.1, 0.15) is 348 Å². The van der Waals surface area contributed by atoms with Crippen molar-refractivity contribution in [1.82, 2.24) is 0 Å². The van der Waals surface area contributed by atoms with Gasteiger partial charge in [-0.1, -0.05) is 290 Å². The lowest BCUT2D eigenvalue weighted by atomic mass is 10.0. The van der Waals surface area contributed by atoms with Crippen molar-refractivity contribution >= 4 is 35.3 Å². The van der Waals surface area contributed by atoms with Gasteiger partial charge >= 0.3 is 0 Å². The van der Waals surface area contributed by atoms with E-state index in [0.29, 0.717) is 0 Å². The third-order valence-corrected chi connectivity index (χ3v) is 19.1. The number of unbranched alkanes of at least 4 members (excludes halogenated alkanes) is 39. The molecule has 0 radical (unpaired) electrons. The molecule has 0 heterocycles. The van der Waals surface area contributed by atoms with E-state index in [1.165, 1.54) is 345 Å². The summed E-state index contributed by atoms with van der Waals surface area (Å²) in [4.78, 5) is 0. The van der Waals surface area contributed by atoms with Gasteiger partial charge in [-0.05, 0) is 75.0 Å². The minimum atomic E-state index is 0.930. The molecule has 1 aliphatic carbocycles. The minimum Gasteiger partial charge on any atom is -0.159 e. The first-order valence-electron chi connectivity index (χ1n) is 30.1. The SMILES string of the molecule is CCCCCCCCCCCCCCCCSC1CCCC(SCCCCCCCCCCCCCCCC)CCCC(SCCCCCCCCCCCCCCCC)CCC1. The Kier molecular flexibility index (Phi) is 53.2. The highest BCUT2D eigenvalue weighted by atomic mass is 32.2. The van der Waals surface area contributed by atoms with Gasteiger partial charge in [-0.25, -0.2) is 0 Å². The van der Waals surface area contributed by atoms with Crippen LogP contribution < -0.4 is 0 Å². The molecule has 0 aromatic rings. The summed E-state index contributed by atoms with van der Waals surface area (Å²) in [5.41, 5.74) is 0.